The zero-order valence-electron chi connectivity index (χ0n) is 10.4. The first-order chi connectivity index (χ1) is 9.66. The second-order valence-electron chi connectivity index (χ2n) is 3.83. The topological polar surface area (TPSA) is 68.5 Å². The van der Waals surface area contributed by atoms with Gasteiger partial charge in [0.05, 0.1) is 11.5 Å². The molecule has 0 saturated carbocycles. The molecule has 2 heterocycles. The van der Waals surface area contributed by atoms with Crippen LogP contribution in [0.2, 0.25) is 0 Å². The van der Waals surface area contributed by atoms with E-state index in [1.165, 1.54) is 17.4 Å². The second-order valence-corrected chi connectivity index (χ2v) is 5.56. The Morgan fingerprint density at radius 1 is 1.35 bits per heavy atom. The number of carbonyl (C=O) groups excluding carboxylic acids is 2. The lowest BCUT2D eigenvalue weighted by atomic mass is 10.4. The van der Waals surface area contributed by atoms with Crippen molar-refractivity contribution in [3.05, 3.63) is 45.0 Å². The smallest absolute Gasteiger partial charge is 0.374 e. The van der Waals surface area contributed by atoms with Gasteiger partial charge in [-0.1, -0.05) is 6.07 Å². The summed E-state index contributed by atoms with van der Waals surface area (Å²) in [6.07, 6.45) is 0.546. The number of furan rings is 1. The Labute approximate surface area is 128 Å². The summed E-state index contributed by atoms with van der Waals surface area (Å²) in [5, 5.41) is 4.60. The van der Waals surface area contributed by atoms with E-state index in [1.807, 2.05) is 11.4 Å². The van der Waals surface area contributed by atoms with Gasteiger partial charge in [-0.25, -0.2) is 4.79 Å². The number of halogens is 1. The Morgan fingerprint density at radius 2 is 2.20 bits per heavy atom. The van der Waals surface area contributed by atoms with Gasteiger partial charge >= 0.3 is 5.97 Å². The Morgan fingerprint density at radius 3 is 2.85 bits per heavy atom. The quantitative estimate of drug-likeness (QED) is 0.637. The van der Waals surface area contributed by atoms with Gasteiger partial charge in [-0.05, 0) is 45.9 Å². The number of carbonyl (C=O) groups is 2. The zero-order valence-corrected chi connectivity index (χ0v) is 12.8. The highest BCUT2D eigenvalue weighted by Gasteiger charge is 2.11. The minimum atomic E-state index is -0.514. The Hall–Kier alpha value is -1.60. The number of ether oxygens (including phenoxy) is 1. The van der Waals surface area contributed by atoms with Crippen molar-refractivity contribution in [3.63, 3.8) is 0 Å². The molecule has 0 saturated heterocycles. The standard InChI is InChI=1S/C13H12BrNO4S/c14-11-5-4-9(19-11)13(17)18-7-2-6-15-12(16)10-3-1-8-20-10/h1,3-5,8H,2,6-7H2,(H,15,16). The summed E-state index contributed by atoms with van der Waals surface area (Å²) in [5.74, 6) is -0.471. The molecule has 2 rings (SSSR count). The van der Waals surface area contributed by atoms with Crippen LogP contribution in [-0.4, -0.2) is 25.0 Å². The normalized spacial score (nSPS) is 10.2. The van der Waals surface area contributed by atoms with Crippen LogP contribution in [0.15, 0.2) is 38.7 Å². The summed E-state index contributed by atoms with van der Waals surface area (Å²) in [6, 6.07) is 6.74. The summed E-state index contributed by atoms with van der Waals surface area (Å²) in [5.41, 5.74) is 0. The fraction of sp³-hybridized carbons (Fsp3) is 0.231. The summed E-state index contributed by atoms with van der Waals surface area (Å²) >= 11 is 4.49. The largest absolute Gasteiger partial charge is 0.460 e. The van der Waals surface area contributed by atoms with Gasteiger partial charge in [0.2, 0.25) is 5.76 Å². The van der Waals surface area contributed by atoms with Crippen LogP contribution in [0.1, 0.15) is 26.6 Å². The number of amides is 1. The average Bonchev–Trinajstić information content (AvgIpc) is 3.08. The van der Waals surface area contributed by atoms with E-state index in [4.69, 9.17) is 9.15 Å². The summed E-state index contributed by atoms with van der Waals surface area (Å²) in [7, 11) is 0. The van der Waals surface area contributed by atoms with Gasteiger partial charge in [0.25, 0.3) is 5.91 Å². The van der Waals surface area contributed by atoms with Gasteiger partial charge in [0.15, 0.2) is 4.67 Å². The third-order valence-electron chi connectivity index (χ3n) is 2.36. The highest BCUT2D eigenvalue weighted by atomic mass is 79.9. The van der Waals surface area contributed by atoms with Crippen molar-refractivity contribution in [1.29, 1.82) is 0 Å². The number of esters is 1. The number of hydrogen-bond acceptors (Lipinski definition) is 5. The fourth-order valence-corrected chi connectivity index (χ4v) is 2.38. The van der Waals surface area contributed by atoms with Crippen molar-refractivity contribution < 1.29 is 18.7 Å². The lowest BCUT2D eigenvalue weighted by molar-refractivity contribution is 0.0463. The molecule has 7 heteroatoms. The van der Waals surface area contributed by atoms with Gasteiger partial charge in [0.1, 0.15) is 0 Å². The van der Waals surface area contributed by atoms with Crippen molar-refractivity contribution in [3.8, 4) is 0 Å². The second kappa shape index (κ2) is 7.25. The molecule has 1 N–H and O–H groups in total. The molecule has 5 nitrogen and oxygen atoms in total. The Kier molecular flexibility index (Phi) is 5.37. The van der Waals surface area contributed by atoms with Crippen LogP contribution in [-0.2, 0) is 4.74 Å². The van der Waals surface area contributed by atoms with E-state index in [9.17, 15) is 9.59 Å². The molecule has 1 amide bonds. The predicted octanol–water partition coefficient (Wildman–Crippen LogP) is 3.08. The molecule has 0 aliphatic rings. The van der Waals surface area contributed by atoms with Crippen molar-refractivity contribution in [2.45, 2.75) is 6.42 Å². The molecular formula is C13H12BrNO4S. The third kappa shape index (κ3) is 4.21. The molecule has 0 bridgehead atoms. The summed E-state index contributed by atoms with van der Waals surface area (Å²) < 4.78 is 10.6. The van der Waals surface area contributed by atoms with Crippen molar-refractivity contribution in [1.82, 2.24) is 5.32 Å². The highest BCUT2D eigenvalue weighted by molar-refractivity contribution is 9.10. The van der Waals surface area contributed by atoms with Crippen LogP contribution < -0.4 is 5.32 Å². The molecular weight excluding hydrogens is 346 g/mol. The Bertz CT molecular complexity index is 579. The van der Waals surface area contributed by atoms with Gasteiger partial charge in [-0.3, -0.25) is 4.79 Å². The zero-order chi connectivity index (χ0) is 14.4. The number of thiophene rings is 1. The monoisotopic (exact) mass is 357 g/mol. The lowest BCUT2D eigenvalue weighted by Gasteiger charge is -2.04. The van der Waals surface area contributed by atoms with Crippen molar-refractivity contribution >= 4 is 39.1 Å². The first-order valence-electron chi connectivity index (χ1n) is 5.91. The SMILES string of the molecule is O=C(OCCCNC(=O)c1cccs1)c1ccc(Br)o1. The average molecular weight is 358 g/mol. The summed E-state index contributed by atoms with van der Waals surface area (Å²) in [4.78, 5) is 23.8. The maximum atomic E-state index is 11.6. The van der Waals surface area contributed by atoms with Crippen LogP contribution in [0.4, 0.5) is 0 Å². The maximum Gasteiger partial charge on any atom is 0.374 e. The first-order valence-corrected chi connectivity index (χ1v) is 7.58. The molecule has 0 atom stereocenters. The van der Waals surface area contributed by atoms with E-state index in [-0.39, 0.29) is 18.3 Å². The molecule has 106 valence electrons. The van der Waals surface area contributed by atoms with E-state index in [0.29, 0.717) is 22.5 Å². The number of nitrogens with one attached hydrogen (secondary N) is 1. The fourth-order valence-electron chi connectivity index (χ4n) is 1.43. The molecule has 0 unspecified atom stereocenters. The van der Waals surface area contributed by atoms with E-state index in [2.05, 4.69) is 21.2 Å². The van der Waals surface area contributed by atoms with Crippen LogP contribution in [0.25, 0.3) is 0 Å². The van der Waals surface area contributed by atoms with Gasteiger partial charge in [-0.15, -0.1) is 11.3 Å². The molecule has 2 aromatic heterocycles. The van der Waals surface area contributed by atoms with Crippen LogP contribution >= 0.6 is 27.3 Å². The van der Waals surface area contributed by atoms with Gasteiger partial charge in [0, 0.05) is 6.54 Å². The molecule has 0 fully saturated rings. The predicted molar refractivity (Wildman–Crippen MR) is 78.0 cm³/mol. The van der Waals surface area contributed by atoms with E-state index in [0.717, 1.165) is 0 Å². The summed E-state index contributed by atoms with van der Waals surface area (Å²) in [6.45, 7) is 0.674. The number of hydrogen-bond donors (Lipinski definition) is 1. The maximum absolute atomic E-state index is 11.6. The highest BCUT2D eigenvalue weighted by Crippen LogP contribution is 2.14. The van der Waals surface area contributed by atoms with Gasteiger partial charge in [-0.2, -0.15) is 0 Å². The molecule has 0 aliphatic heterocycles. The van der Waals surface area contributed by atoms with Crippen molar-refractivity contribution in [2.24, 2.45) is 0 Å². The minimum Gasteiger partial charge on any atom is -0.460 e. The Balaban J connectivity index is 1.62. The minimum absolute atomic E-state index is 0.110. The molecule has 2 aromatic rings. The van der Waals surface area contributed by atoms with Crippen LogP contribution in [0, 0.1) is 0 Å². The molecule has 0 radical (unpaired) electrons. The molecule has 20 heavy (non-hydrogen) atoms. The first kappa shape index (κ1) is 14.8. The van der Waals surface area contributed by atoms with Gasteiger partial charge < -0.3 is 14.5 Å². The van der Waals surface area contributed by atoms with Crippen LogP contribution in [0.5, 0.6) is 0 Å². The molecule has 0 spiro atoms. The van der Waals surface area contributed by atoms with Crippen molar-refractivity contribution in [2.75, 3.05) is 13.2 Å². The van der Waals surface area contributed by atoms with Crippen LogP contribution in [0.3, 0.4) is 0 Å². The molecule has 0 aliphatic carbocycles. The lowest BCUT2D eigenvalue weighted by Crippen LogP contribution is -2.24. The van der Waals surface area contributed by atoms with E-state index >= 15 is 0 Å². The van der Waals surface area contributed by atoms with E-state index < -0.39 is 5.97 Å². The molecule has 0 aromatic carbocycles. The number of rotatable bonds is 6. The third-order valence-corrected chi connectivity index (χ3v) is 3.65. The van der Waals surface area contributed by atoms with E-state index in [1.54, 1.807) is 12.1 Å².